The normalized spacial score (nSPS) is 11.0. The molecular weight excluding hydrogens is 384 g/mol. The van der Waals surface area contributed by atoms with E-state index in [-0.39, 0.29) is 23.0 Å². The minimum atomic E-state index is -2.71. The van der Waals surface area contributed by atoms with Gasteiger partial charge in [-0.15, -0.1) is 0 Å². The number of carbonyl (C=O) groups is 1. The molecule has 0 aromatic carbocycles. The van der Waals surface area contributed by atoms with Crippen LogP contribution < -0.4 is 10.6 Å². The van der Waals surface area contributed by atoms with Gasteiger partial charge in [0.2, 0.25) is 0 Å². The molecule has 0 radical (unpaired) electrons. The van der Waals surface area contributed by atoms with E-state index in [4.69, 9.17) is 5.11 Å². The van der Waals surface area contributed by atoms with Crippen LogP contribution in [0.5, 0.6) is 0 Å². The lowest BCUT2D eigenvalue weighted by Gasteiger charge is -2.10. The first kappa shape index (κ1) is 18.2. The summed E-state index contributed by atoms with van der Waals surface area (Å²) in [6.07, 6.45) is -0.852. The molecule has 1 amide bonds. The van der Waals surface area contributed by atoms with Crippen LogP contribution in [0.15, 0.2) is 48.8 Å². The van der Waals surface area contributed by atoms with Gasteiger partial charge in [-0.1, -0.05) is 6.07 Å². The van der Waals surface area contributed by atoms with Crippen molar-refractivity contribution in [2.24, 2.45) is 0 Å². The number of rotatable bonds is 5. The van der Waals surface area contributed by atoms with Crippen molar-refractivity contribution in [2.45, 2.75) is 6.43 Å². The van der Waals surface area contributed by atoms with E-state index in [0.29, 0.717) is 22.5 Å². The summed E-state index contributed by atoms with van der Waals surface area (Å²) in [5.74, 6) is 0.680. The minimum Gasteiger partial charge on any atom is -0.465 e. The van der Waals surface area contributed by atoms with Crippen LogP contribution >= 0.6 is 0 Å². The molecule has 146 valence electrons. The second-order valence-corrected chi connectivity index (χ2v) is 5.87. The van der Waals surface area contributed by atoms with Crippen LogP contribution in [0, 0.1) is 0 Å². The summed E-state index contributed by atoms with van der Waals surface area (Å²) >= 11 is 0. The molecular formula is C18H13F2N7O2. The Bertz CT molecular complexity index is 1200. The number of nitrogens with one attached hydrogen (secondary N) is 3. The molecule has 4 aromatic heterocycles. The Hall–Kier alpha value is -4.15. The molecule has 0 aliphatic carbocycles. The highest BCUT2D eigenvalue weighted by Crippen LogP contribution is 2.27. The first-order valence-electron chi connectivity index (χ1n) is 8.33. The number of halogens is 2. The van der Waals surface area contributed by atoms with E-state index in [1.165, 1.54) is 24.4 Å². The van der Waals surface area contributed by atoms with Crippen LogP contribution in [0.25, 0.3) is 22.6 Å². The maximum Gasteiger partial charge on any atom is 0.410 e. The van der Waals surface area contributed by atoms with Crippen molar-refractivity contribution in [1.29, 1.82) is 0 Å². The zero-order valence-electron chi connectivity index (χ0n) is 14.6. The number of nitrogens with zero attached hydrogens (tertiary/aromatic N) is 4. The fourth-order valence-corrected chi connectivity index (χ4v) is 2.67. The number of carboxylic acid groups (broad SMARTS) is 1. The lowest BCUT2D eigenvalue weighted by atomic mass is 10.2. The highest BCUT2D eigenvalue weighted by molar-refractivity contribution is 5.90. The lowest BCUT2D eigenvalue weighted by Crippen LogP contribution is -2.09. The largest absolute Gasteiger partial charge is 0.465 e. The average molecular weight is 397 g/mol. The molecule has 0 unspecified atom stereocenters. The number of aromatic nitrogens is 5. The maximum absolute atomic E-state index is 13.0. The smallest absolute Gasteiger partial charge is 0.410 e. The van der Waals surface area contributed by atoms with E-state index < -0.39 is 12.5 Å². The Morgan fingerprint density at radius 3 is 2.79 bits per heavy atom. The number of alkyl halides is 2. The zero-order valence-corrected chi connectivity index (χ0v) is 14.6. The number of fused-ring (bicyclic) bond motifs is 1. The molecule has 4 N–H and O–H groups in total. The summed E-state index contributed by atoms with van der Waals surface area (Å²) in [6, 6.07) is 9.11. The number of pyridine rings is 2. The summed E-state index contributed by atoms with van der Waals surface area (Å²) in [4.78, 5) is 30.4. The van der Waals surface area contributed by atoms with E-state index in [1.807, 2.05) is 0 Å². The second kappa shape index (κ2) is 7.46. The predicted molar refractivity (Wildman–Crippen MR) is 101 cm³/mol. The number of H-pyrrole nitrogens is 1. The molecule has 29 heavy (non-hydrogen) atoms. The first-order valence-corrected chi connectivity index (χ1v) is 8.33. The van der Waals surface area contributed by atoms with Gasteiger partial charge in [0.05, 0.1) is 5.39 Å². The molecule has 0 aliphatic heterocycles. The van der Waals surface area contributed by atoms with Gasteiger partial charge in [0.15, 0.2) is 5.82 Å². The standard InChI is InChI=1S/C18H13F2N7O2/c19-14(20)11-2-1-3-12(24-11)17-26-15-10(5-7-22-15)16(27-17)23-9-4-6-21-13(8-9)25-18(28)29/h1-8,14H,(H,28,29)(H3,21,22,23,25,26,27). The number of amides is 1. The quantitative estimate of drug-likeness (QED) is 0.397. The zero-order chi connectivity index (χ0) is 20.4. The lowest BCUT2D eigenvalue weighted by molar-refractivity contribution is 0.146. The van der Waals surface area contributed by atoms with Gasteiger partial charge in [0.25, 0.3) is 6.43 Å². The molecule has 0 fully saturated rings. The molecule has 0 spiro atoms. The Labute approximate surface area is 161 Å². The van der Waals surface area contributed by atoms with Crippen molar-refractivity contribution in [2.75, 3.05) is 10.6 Å². The summed E-state index contributed by atoms with van der Waals surface area (Å²) < 4.78 is 26.0. The fraction of sp³-hybridized carbons (Fsp3) is 0.0556. The van der Waals surface area contributed by atoms with Gasteiger partial charge in [0, 0.05) is 24.1 Å². The van der Waals surface area contributed by atoms with Crippen molar-refractivity contribution in [3.05, 3.63) is 54.5 Å². The van der Waals surface area contributed by atoms with Crippen molar-refractivity contribution >= 4 is 34.4 Å². The molecule has 11 heteroatoms. The summed E-state index contributed by atoms with van der Waals surface area (Å²) in [5.41, 5.74) is 0.834. The summed E-state index contributed by atoms with van der Waals surface area (Å²) in [7, 11) is 0. The molecule has 0 saturated heterocycles. The third-order valence-electron chi connectivity index (χ3n) is 3.90. The van der Waals surface area contributed by atoms with Gasteiger partial charge in [-0.25, -0.2) is 33.5 Å². The summed E-state index contributed by atoms with van der Waals surface area (Å²) in [6.45, 7) is 0. The SMILES string of the molecule is O=C(O)Nc1cc(Nc2nc(-c3cccc(C(F)F)n3)nc3[nH]ccc23)ccn1. The molecule has 4 heterocycles. The van der Waals surface area contributed by atoms with Crippen LogP contribution in [0.1, 0.15) is 12.1 Å². The van der Waals surface area contributed by atoms with Crippen LogP contribution in [0.3, 0.4) is 0 Å². The Balaban J connectivity index is 1.74. The van der Waals surface area contributed by atoms with Crippen molar-refractivity contribution in [3.8, 4) is 11.5 Å². The van der Waals surface area contributed by atoms with Crippen LogP contribution in [-0.4, -0.2) is 36.1 Å². The second-order valence-electron chi connectivity index (χ2n) is 5.87. The minimum absolute atomic E-state index is 0.133. The van der Waals surface area contributed by atoms with Crippen molar-refractivity contribution in [1.82, 2.24) is 24.9 Å². The monoisotopic (exact) mass is 397 g/mol. The van der Waals surface area contributed by atoms with Gasteiger partial charge in [0.1, 0.15) is 28.7 Å². The predicted octanol–water partition coefficient (Wildman–Crippen LogP) is 4.19. The third kappa shape index (κ3) is 3.93. The van der Waals surface area contributed by atoms with Gasteiger partial charge in [-0.2, -0.15) is 0 Å². The number of hydrogen-bond acceptors (Lipinski definition) is 6. The van der Waals surface area contributed by atoms with E-state index in [9.17, 15) is 13.6 Å². The maximum atomic E-state index is 13.0. The van der Waals surface area contributed by atoms with Crippen molar-refractivity contribution < 1.29 is 18.7 Å². The van der Waals surface area contributed by atoms with Crippen molar-refractivity contribution in [3.63, 3.8) is 0 Å². The molecule has 4 rings (SSSR count). The highest BCUT2D eigenvalue weighted by atomic mass is 19.3. The first-order chi connectivity index (χ1) is 14.0. The van der Waals surface area contributed by atoms with Crippen LogP contribution in [0.4, 0.5) is 30.9 Å². The fourth-order valence-electron chi connectivity index (χ4n) is 2.67. The molecule has 4 aromatic rings. The third-order valence-corrected chi connectivity index (χ3v) is 3.90. The summed E-state index contributed by atoms with van der Waals surface area (Å²) in [5, 5.41) is 14.7. The Morgan fingerprint density at radius 2 is 2.00 bits per heavy atom. The Morgan fingerprint density at radius 1 is 1.14 bits per heavy atom. The van der Waals surface area contributed by atoms with Crippen LogP contribution in [-0.2, 0) is 0 Å². The van der Waals surface area contributed by atoms with Gasteiger partial charge < -0.3 is 15.4 Å². The Kier molecular flexibility index (Phi) is 4.69. The van der Waals surface area contributed by atoms with Crippen LogP contribution in [0.2, 0.25) is 0 Å². The molecule has 9 nitrogen and oxygen atoms in total. The van der Waals surface area contributed by atoms with Gasteiger partial charge in [-0.3, -0.25) is 5.32 Å². The van der Waals surface area contributed by atoms with Gasteiger partial charge in [-0.05, 0) is 24.3 Å². The average Bonchev–Trinajstić information content (AvgIpc) is 3.17. The molecule has 0 aliphatic rings. The topological polar surface area (TPSA) is 129 Å². The molecule has 0 saturated carbocycles. The number of hydrogen-bond donors (Lipinski definition) is 4. The number of anilines is 3. The van der Waals surface area contributed by atoms with E-state index >= 15 is 0 Å². The molecule has 0 atom stereocenters. The highest BCUT2D eigenvalue weighted by Gasteiger charge is 2.15. The van der Waals surface area contributed by atoms with Gasteiger partial charge >= 0.3 is 6.09 Å². The number of aromatic amines is 1. The van der Waals surface area contributed by atoms with E-state index in [0.717, 1.165) is 0 Å². The van der Waals surface area contributed by atoms with E-state index in [2.05, 4.69) is 35.6 Å². The molecule has 0 bridgehead atoms. The van der Waals surface area contributed by atoms with E-state index in [1.54, 1.807) is 24.4 Å².